The Labute approximate surface area is 68.0 Å². The molecule has 0 amide bonds. The summed E-state index contributed by atoms with van der Waals surface area (Å²) >= 11 is 0. The Hall–Kier alpha value is -0.520. The summed E-state index contributed by atoms with van der Waals surface area (Å²) in [6.07, 6.45) is -0.560. The van der Waals surface area contributed by atoms with Gasteiger partial charge in [0.15, 0.2) is 0 Å². The van der Waals surface area contributed by atoms with Crippen LogP contribution >= 0.6 is 0 Å². The fraction of sp³-hybridized carbons (Fsp3) is 0.778. The predicted molar refractivity (Wildman–Crippen MR) is 45.1 cm³/mol. The highest BCUT2D eigenvalue weighted by Gasteiger charge is 2.34. The lowest BCUT2D eigenvalue weighted by Crippen LogP contribution is -2.59. The van der Waals surface area contributed by atoms with E-state index in [2.05, 4.69) is 17.2 Å². The van der Waals surface area contributed by atoms with E-state index in [-0.39, 0.29) is 11.1 Å². The van der Waals surface area contributed by atoms with Gasteiger partial charge in [-0.2, -0.15) is 0 Å². The van der Waals surface area contributed by atoms with Gasteiger partial charge >= 0.3 is 0 Å². The molecule has 0 radical (unpaired) electrons. The maximum absolute atomic E-state index is 9.43. The number of hydrogen-bond acceptors (Lipinski definition) is 2. The summed E-state index contributed by atoms with van der Waals surface area (Å²) in [4.78, 5) is 0. The first kappa shape index (κ1) is 8.58. The van der Waals surface area contributed by atoms with Gasteiger partial charge in [-0.3, -0.25) is 5.32 Å². The van der Waals surface area contributed by atoms with E-state index in [1.807, 2.05) is 27.7 Å². The molecular formula is C9H15NO. The maximum Gasteiger partial charge on any atom is 0.132 e. The first-order valence-electron chi connectivity index (χ1n) is 3.84. The SMILES string of the molecule is CC1(C)C#CC(O)C(C)(C)N1. The summed E-state index contributed by atoms with van der Waals surface area (Å²) in [6, 6.07) is 0. The Balaban J connectivity index is 2.92. The van der Waals surface area contributed by atoms with Gasteiger partial charge in [-0.05, 0) is 27.7 Å². The zero-order valence-corrected chi connectivity index (χ0v) is 7.52. The highest BCUT2D eigenvalue weighted by molar-refractivity contribution is 5.26. The fourth-order valence-electron chi connectivity index (χ4n) is 1.33. The van der Waals surface area contributed by atoms with Crippen molar-refractivity contribution < 1.29 is 5.11 Å². The van der Waals surface area contributed by atoms with Crippen LogP contribution in [0, 0.1) is 11.8 Å². The summed E-state index contributed by atoms with van der Waals surface area (Å²) in [7, 11) is 0. The van der Waals surface area contributed by atoms with Crippen LogP contribution in [0.25, 0.3) is 0 Å². The van der Waals surface area contributed by atoms with Crippen molar-refractivity contribution in [3.63, 3.8) is 0 Å². The van der Waals surface area contributed by atoms with Gasteiger partial charge in [0.05, 0.1) is 11.1 Å². The van der Waals surface area contributed by atoms with Crippen molar-refractivity contribution in [3.05, 3.63) is 0 Å². The number of hydrogen-bond donors (Lipinski definition) is 2. The average molecular weight is 153 g/mol. The molecule has 1 rings (SSSR count). The number of aliphatic hydroxyl groups excluding tert-OH is 1. The Morgan fingerprint density at radius 1 is 1.27 bits per heavy atom. The van der Waals surface area contributed by atoms with E-state index < -0.39 is 6.10 Å². The smallest absolute Gasteiger partial charge is 0.132 e. The topological polar surface area (TPSA) is 32.3 Å². The van der Waals surface area contributed by atoms with Crippen molar-refractivity contribution in [2.75, 3.05) is 0 Å². The van der Waals surface area contributed by atoms with Crippen molar-refractivity contribution in [1.82, 2.24) is 5.32 Å². The fourth-order valence-corrected chi connectivity index (χ4v) is 1.33. The summed E-state index contributed by atoms with van der Waals surface area (Å²) in [6.45, 7) is 7.92. The van der Waals surface area contributed by atoms with Gasteiger partial charge in [0.1, 0.15) is 6.10 Å². The van der Waals surface area contributed by atoms with Crippen molar-refractivity contribution in [2.45, 2.75) is 44.9 Å². The number of nitrogens with one attached hydrogen (secondary N) is 1. The molecular weight excluding hydrogens is 138 g/mol. The molecule has 0 aliphatic carbocycles. The third-order valence-corrected chi connectivity index (χ3v) is 1.84. The minimum absolute atomic E-state index is 0.178. The third kappa shape index (κ3) is 1.74. The van der Waals surface area contributed by atoms with E-state index in [4.69, 9.17) is 0 Å². The zero-order chi connectivity index (χ0) is 8.70. The molecule has 0 saturated carbocycles. The van der Waals surface area contributed by atoms with E-state index in [1.165, 1.54) is 0 Å². The molecule has 0 saturated heterocycles. The van der Waals surface area contributed by atoms with Gasteiger partial charge in [-0.25, -0.2) is 0 Å². The third-order valence-electron chi connectivity index (χ3n) is 1.84. The summed E-state index contributed by atoms with van der Waals surface area (Å²) in [5, 5.41) is 12.7. The van der Waals surface area contributed by atoms with Gasteiger partial charge in [-0.1, -0.05) is 11.8 Å². The molecule has 1 unspecified atom stereocenters. The first-order chi connectivity index (χ1) is 4.83. The summed E-state index contributed by atoms with van der Waals surface area (Å²) < 4.78 is 0. The van der Waals surface area contributed by atoms with E-state index in [0.29, 0.717) is 0 Å². The summed E-state index contributed by atoms with van der Waals surface area (Å²) in [5.41, 5.74) is -0.475. The van der Waals surface area contributed by atoms with Gasteiger partial charge in [0, 0.05) is 0 Å². The largest absolute Gasteiger partial charge is 0.378 e. The highest BCUT2D eigenvalue weighted by atomic mass is 16.3. The van der Waals surface area contributed by atoms with Crippen LogP contribution in [0.4, 0.5) is 0 Å². The van der Waals surface area contributed by atoms with Crippen LogP contribution in [0.1, 0.15) is 27.7 Å². The molecule has 0 bridgehead atoms. The first-order valence-corrected chi connectivity index (χ1v) is 3.84. The molecule has 1 aliphatic rings. The molecule has 62 valence electrons. The summed E-state index contributed by atoms with van der Waals surface area (Å²) in [5.74, 6) is 5.76. The van der Waals surface area contributed by atoms with E-state index in [1.54, 1.807) is 0 Å². The Morgan fingerprint density at radius 2 is 1.82 bits per heavy atom. The molecule has 1 heterocycles. The second kappa shape index (κ2) is 2.23. The van der Waals surface area contributed by atoms with Crippen LogP contribution in [0.2, 0.25) is 0 Å². The van der Waals surface area contributed by atoms with Crippen molar-refractivity contribution >= 4 is 0 Å². The molecule has 0 fully saturated rings. The zero-order valence-electron chi connectivity index (χ0n) is 7.52. The van der Waals surface area contributed by atoms with Gasteiger partial charge in [-0.15, -0.1) is 0 Å². The van der Waals surface area contributed by atoms with Crippen LogP contribution < -0.4 is 5.32 Å². The number of aliphatic hydroxyl groups is 1. The molecule has 2 N–H and O–H groups in total. The molecule has 0 aromatic rings. The lowest BCUT2D eigenvalue weighted by Gasteiger charge is -2.38. The highest BCUT2D eigenvalue weighted by Crippen LogP contribution is 2.18. The molecule has 0 aromatic carbocycles. The monoisotopic (exact) mass is 153 g/mol. The number of rotatable bonds is 0. The van der Waals surface area contributed by atoms with Crippen LogP contribution in [0.15, 0.2) is 0 Å². The predicted octanol–water partition coefficient (Wildman–Crippen LogP) is 0.511. The lowest BCUT2D eigenvalue weighted by molar-refractivity contribution is 0.107. The Morgan fingerprint density at radius 3 is 2.18 bits per heavy atom. The van der Waals surface area contributed by atoms with Crippen molar-refractivity contribution in [3.8, 4) is 11.8 Å². The molecule has 0 spiro atoms. The van der Waals surface area contributed by atoms with Gasteiger partial charge < -0.3 is 5.11 Å². The minimum Gasteiger partial charge on any atom is -0.378 e. The normalized spacial score (nSPS) is 32.3. The minimum atomic E-state index is -0.560. The molecule has 2 nitrogen and oxygen atoms in total. The van der Waals surface area contributed by atoms with E-state index in [9.17, 15) is 5.11 Å². The molecule has 0 aromatic heterocycles. The van der Waals surface area contributed by atoms with Gasteiger partial charge in [0.25, 0.3) is 0 Å². The van der Waals surface area contributed by atoms with Crippen molar-refractivity contribution in [2.24, 2.45) is 0 Å². The molecule has 11 heavy (non-hydrogen) atoms. The molecule has 2 heteroatoms. The average Bonchev–Trinajstić information content (AvgIpc) is 1.77. The van der Waals surface area contributed by atoms with Gasteiger partial charge in [0.2, 0.25) is 0 Å². The van der Waals surface area contributed by atoms with E-state index >= 15 is 0 Å². The van der Waals surface area contributed by atoms with Crippen LogP contribution in [0.5, 0.6) is 0 Å². The van der Waals surface area contributed by atoms with E-state index in [0.717, 1.165) is 0 Å². The Bertz CT molecular complexity index is 219. The molecule has 1 atom stereocenters. The van der Waals surface area contributed by atoms with Crippen LogP contribution in [-0.2, 0) is 0 Å². The Kier molecular flexibility index (Phi) is 1.74. The van der Waals surface area contributed by atoms with Crippen LogP contribution in [0.3, 0.4) is 0 Å². The lowest BCUT2D eigenvalue weighted by atomic mass is 9.88. The quantitative estimate of drug-likeness (QED) is 0.497. The molecule has 1 aliphatic heterocycles. The van der Waals surface area contributed by atoms with Crippen LogP contribution in [-0.4, -0.2) is 22.3 Å². The second-order valence-electron chi connectivity index (χ2n) is 4.14. The standard InChI is InChI=1S/C9H15NO/c1-8(2)6-5-7(11)9(3,4)10-8/h7,10-11H,1-4H3. The second-order valence-corrected chi connectivity index (χ2v) is 4.14. The van der Waals surface area contributed by atoms with Crippen molar-refractivity contribution in [1.29, 1.82) is 0 Å². The maximum atomic E-state index is 9.43.